The molecule has 0 fully saturated rings. The van der Waals surface area contributed by atoms with Crippen LogP contribution in [0.3, 0.4) is 0 Å². The molecular weight excluding hydrogens is 259 g/mol. The first-order chi connectivity index (χ1) is 9.72. The Kier molecular flexibility index (Phi) is 3.12. The second kappa shape index (κ2) is 5.08. The molecule has 3 aromatic rings. The van der Waals surface area contributed by atoms with Crippen LogP contribution in [0.1, 0.15) is 0 Å². The van der Waals surface area contributed by atoms with Gasteiger partial charge in [-0.25, -0.2) is 9.37 Å². The van der Waals surface area contributed by atoms with E-state index < -0.39 is 0 Å². The number of fused-ring (bicyclic) bond motifs is 1. The van der Waals surface area contributed by atoms with Gasteiger partial charge in [-0.2, -0.15) is 0 Å². The number of hydrogen-bond acceptors (Lipinski definition) is 3. The van der Waals surface area contributed by atoms with E-state index in [0.717, 1.165) is 11.0 Å². The molecule has 20 heavy (non-hydrogen) atoms. The molecule has 0 aliphatic heterocycles. The SMILES string of the molecule is O=C(Cn1cnc2ccncc21)Nc1ccc(F)cc1. The Morgan fingerprint density at radius 2 is 2.05 bits per heavy atom. The van der Waals surface area contributed by atoms with Crippen LogP contribution in [0, 0.1) is 5.82 Å². The molecule has 0 aliphatic rings. The van der Waals surface area contributed by atoms with Gasteiger partial charge >= 0.3 is 0 Å². The van der Waals surface area contributed by atoms with Gasteiger partial charge in [0.05, 0.1) is 23.6 Å². The molecule has 100 valence electrons. The molecule has 1 aromatic carbocycles. The molecule has 2 heterocycles. The van der Waals surface area contributed by atoms with Crippen LogP contribution in [0.2, 0.25) is 0 Å². The lowest BCUT2D eigenvalue weighted by Gasteiger charge is -2.06. The maximum atomic E-state index is 12.8. The van der Waals surface area contributed by atoms with E-state index in [9.17, 15) is 9.18 Å². The fourth-order valence-corrected chi connectivity index (χ4v) is 1.92. The number of anilines is 1. The van der Waals surface area contributed by atoms with Crippen molar-refractivity contribution in [3.05, 3.63) is 54.9 Å². The summed E-state index contributed by atoms with van der Waals surface area (Å²) in [5, 5.41) is 2.70. The molecule has 3 rings (SSSR count). The summed E-state index contributed by atoms with van der Waals surface area (Å²) in [6.07, 6.45) is 4.91. The third-order valence-electron chi connectivity index (χ3n) is 2.87. The first kappa shape index (κ1) is 12.3. The maximum Gasteiger partial charge on any atom is 0.244 e. The van der Waals surface area contributed by atoms with Gasteiger partial charge in [-0.05, 0) is 30.3 Å². The number of imidazole rings is 1. The van der Waals surface area contributed by atoms with E-state index in [4.69, 9.17) is 0 Å². The Hall–Kier alpha value is -2.76. The molecule has 5 nitrogen and oxygen atoms in total. The van der Waals surface area contributed by atoms with Crippen molar-refractivity contribution in [1.82, 2.24) is 14.5 Å². The molecule has 0 radical (unpaired) electrons. The van der Waals surface area contributed by atoms with E-state index in [1.165, 1.54) is 24.3 Å². The highest BCUT2D eigenvalue weighted by Crippen LogP contribution is 2.11. The summed E-state index contributed by atoms with van der Waals surface area (Å²) in [5.74, 6) is -0.547. The number of rotatable bonds is 3. The molecule has 0 aliphatic carbocycles. The second-order valence-electron chi connectivity index (χ2n) is 4.29. The quantitative estimate of drug-likeness (QED) is 0.793. The van der Waals surface area contributed by atoms with Gasteiger partial charge in [-0.15, -0.1) is 0 Å². The van der Waals surface area contributed by atoms with Crippen molar-refractivity contribution in [2.24, 2.45) is 0 Å². The minimum Gasteiger partial charge on any atom is -0.325 e. The Morgan fingerprint density at radius 1 is 1.25 bits per heavy atom. The predicted molar refractivity (Wildman–Crippen MR) is 72.6 cm³/mol. The van der Waals surface area contributed by atoms with Gasteiger partial charge in [-0.1, -0.05) is 0 Å². The fourth-order valence-electron chi connectivity index (χ4n) is 1.92. The van der Waals surface area contributed by atoms with Gasteiger partial charge < -0.3 is 9.88 Å². The number of nitrogens with one attached hydrogen (secondary N) is 1. The van der Waals surface area contributed by atoms with Gasteiger partial charge in [0.2, 0.25) is 5.91 Å². The third-order valence-corrected chi connectivity index (χ3v) is 2.87. The molecule has 2 aromatic heterocycles. The average Bonchev–Trinajstić information content (AvgIpc) is 2.85. The van der Waals surface area contributed by atoms with Crippen LogP contribution in [0.15, 0.2) is 49.1 Å². The van der Waals surface area contributed by atoms with E-state index in [2.05, 4.69) is 15.3 Å². The molecule has 0 saturated carbocycles. The van der Waals surface area contributed by atoms with Gasteiger partial charge in [0.1, 0.15) is 12.4 Å². The lowest BCUT2D eigenvalue weighted by molar-refractivity contribution is -0.116. The van der Waals surface area contributed by atoms with E-state index >= 15 is 0 Å². The highest BCUT2D eigenvalue weighted by Gasteiger charge is 2.07. The van der Waals surface area contributed by atoms with Crippen molar-refractivity contribution in [3.63, 3.8) is 0 Å². The summed E-state index contributed by atoms with van der Waals surface area (Å²) >= 11 is 0. The molecule has 1 amide bonds. The molecule has 0 bridgehead atoms. The summed E-state index contributed by atoms with van der Waals surface area (Å²) in [5.41, 5.74) is 2.13. The number of carbonyl (C=O) groups excluding carboxylic acids is 1. The Morgan fingerprint density at radius 3 is 2.85 bits per heavy atom. The topological polar surface area (TPSA) is 59.8 Å². The van der Waals surface area contributed by atoms with Crippen LogP contribution in [0.25, 0.3) is 11.0 Å². The zero-order valence-electron chi connectivity index (χ0n) is 10.5. The van der Waals surface area contributed by atoms with E-state index in [1.54, 1.807) is 29.4 Å². The third kappa shape index (κ3) is 2.49. The standard InChI is InChI=1S/C14H11FN4O/c15-10-1-3-11(4-2-10)18-14(20)8-19-9-17-12-5-6-16-7-13(12)19/h1-7,9H,8H2,(H,18,20). The number of aromatic nitrogens is 3. The molecule has 0 atom stereocenters. The first-order valence-corrected chi connectivity index (χ1v) is 6.02. The normalized spacial score (nSPS) is 10.7. The largest absolute Gasteiger partial charge is 0.325 e. The van der Waals surface area contributed by atoms with E-state index in [-0.39, 0.29) is 18.3 Å². The van der Waals surface area contributed by atoms with Crippen molar-refractivity contribution in [2.45, 2.75) is 6.54 Å². The van der Waals surface area contributed by atoms with Crippen molar-refractivity contribution in [3.8, 4) is 0 Å². The first-order valence-electron chi connectivity index (χ1n) is 6.02. The van der Waals surface area contributed by atoms with Crippen LogP contribution >= 0.6 is 0 Å². The predicted octanol–water partition coefficient (Wildman–Crippen LogP) is 2.21. The number of benzene rings is 1. The van der Waals surface area contributed by atoms with Gasteiger partial charge in [0, 0.05) is 11.9 Å². The molecule has 1 N–H and O–H groups in total. The lowest BCUT2D eigenvalue weighted by atomic mass is 10.3. The molecule has 0 unspecified atom stereocenters. The monoisotopic (exact) mass is 270 g/mol. The highest BCUT2D eigenvalue weighted by atomic mass is 19.1. The summed E-state index contributed by atoms with van der Waals surface area (Å²) in [7, 11) is 0. The van der Waals surface area contributed by atoms with Gasteiger partial charge in [0.15, 0.2) is 0 Å². The van der Waals surface area contributed by atoms with Crippen LogP contribution in [0.5, 0.6) is 0 Å². The van der Waals surface area contributed by atoms with E-state index in [1.807, 2.05) is 0 Å². The zero-order valence-corrected chi connectivity index (χ0v) is 10.5. The Balaban J connectivity index is 1.74. The summed E-state index contributed by atoms with van der Waals surface area (Å²) in [6, 6.07) is 7.41. The minimum absolute atomic E-state index is 0.125. The molecule has 0 spiro atoms. The van der Waals surface area contributed by atoms with Crippen LogP contribution in [-0.4, -0.2) is 20.4 Å². The highest BCUT2D eigenvalue weighted by molar-refractivity contribution is 5.91. The zero-order chi connectivity index (χ0) is 13.9. The minimum atomic E-state index is -0.338. The van der Waals surface area contributed by atoms with Crippen molar-refractivity contribution in [2.75, 3.05) is 5.32 Å². The second-order valence-corrected chi connectivity index (χ2v) is 4.29. The Labute approximate surface area is 114 Å². The van der Waals surface area contributed by atoms with Crippen molar-refractivity contribution >= 4 is 22.6 Å². The number of halogens is 1. The van der Waals surface area contributed by atoms with Gasteiger partial charge in [-0.3, -0.25) is 9.78 Å². The van der Waals surface area contributed by atoms with Crippen LogP contribution < -0.4 is 5.32 Å². The summed E-state index contributed by atoms with van der Waals surface area (Å²) in [6.45, 7) is 0.125. The number of carbonyl (C=O) groups is 1. The average molecular weight is 270 g/mol. The van der Waals surface area contributed by atoms with Crippen molar-refractivity contribution in [1.29, 1.82) is 0 Å². The van der Waals surface area contributed by atoms with Gasteiger partial charge in [0.25, 0.3) is 0 Å². The molecular formula is C14H11FN4O. The number of nitrogens with zero attached hydrogens (tertiary/aromatic N) is 3. The van der Waals surface area contributed by atoms with Crippen LogP contribution in [-0.2, 0) is 11.3 Å². The maximum absolute atomic E-state index is 12.8. The van der Waals surface area contributed by atoms with Crippen LogP contribution in [0.4, 0.5) is 10.1 Å². The summed E-state index contributed by atoms with van der Waals surface area (Å²) < 4.78 is 14.5. The smallest absolute Gasteiger partial charge is 0.244 e. The Bertz CT molecular complexity index is 751. The molecule has 0 saturated heterocycles. The fraction of sp³-hybridized carbons (Fsp3) is 0.0714. The number of amides is 1. The van der Waals surface area contributed by atoms with Crippen molar-refractivity contribution < 1.29 is 9.18 Å². The van der Waals surface area contributed by atoms with E-state index in [0.29, 0.717) is 5.69 Å². The number of hydrogen-bond donors (Lipinski definition) is 1. The lowest BCUT2D eigenvalue weighted by Crippen LogP contribution is -2.18. The number of pyridine rings is 1. The summed E-state index contributed by atoms with van der Waals surface area (Å²) in [4.78, 5) is 20.1. The molecule has 6 heteroatoms.